The largest absolute Gasteiger partial charge is 0.330 e. The summed E-state index contributed by atoms with van der Waals surface area (Å²) in [6, 6.07) is 9.64. The molecule has 0 bridgehead atoms. The van der Waals surface area contributed by atoms with Crippen LogP contribution in [-0.2, 0) is 6.42 Å². The molecule has 2 aromatic heterocycles. The molecule has 3 nitrogen and oxygen atoms in total. The molecule has 0 atom stereocenters. The number of hydrogen-bond acceptors (Lipinski definition) is 2. The second kappa shape index (κ2) is 5.68. The molecule has 2 heterocycles. The van der Waals surface area contributed by atoms with Crippen LogP contribution in [-0.4, -0.2) is 15.9 Å². The van der Waals surface area contributed by atoms with E-state index in [1.165, 1.54) is 0 Å². The summed E-state index contributed by atoms with van der Waals surface area (Å²) in [6.45, 7) is 2.61. The van der Waals surface area contributed by atoms with Crippen molar-refractivity contribution in [3.63, 3.8) is 0 Å². The van der Waals surface area contributed by atoms with Crippen molar-refractivity contribution in [2.45, 2.75) is 13.3 Å². The summed E-state index contributed by atoms with van der Waals surface area (Å²) < 4.78 is 2.10. The highest BCUT2D eigenvalue weighted by atomic mass is 35.5. The third-order valence-electron chi connectivity index (χ3n) is 3.52. The molecule has 0 unspecified atom stereocenters. The lowest BCUT2D eigenvalue weighted by Crippen LogP contribution is -2.06. The fourth-order valence-electron chi connectivity index (χ4n) is 2.50. The molecule has 3 rings (SSSR count). The van der Waals surface area contributed by atoms with Gasteiger partial charge in [0, 0.05) is 18.2 Å². The normalized spacial score (nSPS) is 11.2. The van der Waals surface area contributed by atoms with Crippen molar-refractivity contribution in [3.8, 4) is 11.3 Å². The molecule has 1 aromatic carbocycles. The Hall–Kier alpha value is -1.55. The molecule has 0 aliphatic rings. The van der Waals surface area contributed by atoms with Gasteiger partial charge in [-0.25, -0.2) is 4.98 Å². The average molecular weight is 320 g/mol. The number of rotatable bonds is 3. The van der Waals surface area contributed by atoms with Gasteiger partial charge in [0.1, 0.15) is 5.65 Å². The molecule has 3 aromatic rings. The Morgan fingerprint density at radius 2 is 2.00 bits per heavy atom. The SMILES string of the molecule is Cc1cccn2c(CCN)c(-c3ccc(Cl)c(Cl)c3)nc12. The summed E-state index contributed by atoms with van der Waals surface area (Å²) in [5.41, 5.74) is 10.8. The van der Waals surface area contributed by atoms with E-state index in [0.717, 1.165) is 34.6 Å². The maximum atomic E-state index is 6.13. The molecule has 0 fully saturated rings. The molecule has 108 valence electrons. The Balaban J connectivity index is 2.27. The zero-order chi connectivity index (χ0) is 15.0. The number of aryl methyl sites for hydroxylation is 1. The first-order chi connectivity index (χ1) is 10.1. The summed E-state index contributed by atoms with van der Waals surface area (Å²) in [7, 11) is 0. The lowest BCUT2D eigenvalue weighted by atomic mass is 10.1. The predicted molar refractivity (Wildman–Crippen MR) is 88.1 cm³/mol. The van der Waals surface area contributed by atoms with Crippen LogP contribution in [0.25, 0.3) is 16.9 Å². The molecule has 0 saturated heterocycles. The average Bonchev–Trinajstić information content (AvgIpc) is 2.83. The number of pyridine rings is 1. The third kappa shape index (κ3) is 2.53. The van der Waals surface area contributed by atoms with E-state index in [2.05, 4.69) is 4.40 Å². The number of imidazole rings is 1. The van der Waals surface area contributed by atoms with Crippen molar-refractivity contribution in [2.24, 2.45) is 5.73 Å². The maximum absolute atomic E-state index is 6.13. The van der Waals surface area contributed by atoms with E-state index < -0.39 is 0 Å². The minimum Gasteiger partial charge on any atom is -0.330 e. The van der Waals surface area contributed by atoms with E-state index in [4.69, 9.17) is 33.9 Å². The van der Waals surface area contributed by atoms with Gasteiger partial charge in [0.05, 0.1) is 21.4 Å². The Bertz CT molecular complexity index is 809. The second-order valence-corrected chi connectivity index (χ2v) is 5.77. The fraction of sp³-hybridized carbons (Fsp3) is 0.188. The van der Waals surface area contributed by atoms with Crippen LogP contribution >= 0.6 is 23.2 Å². The molecular weight excluding hydrogens is 305 g/mol. The van der Waals surface area contributed by atoms with Gasteiger partial charge in [0.25, 0.3) is 0 Å². The van der Waals surface area contributed by atoms with Gasteiger partial charge in [0.2, 0.25) is 0 Å². The van der Waals surface area contributed by atoms with Crippen LogP contribution in [0.5, 0.6) is 0 Å². The highest BCUT2D eigenvalue weighted by molar-refractivity contribution is 6.42. The monoisotopic (exact) mass is 319 g/mol. The van der Waals surface area contributed by atoms with Crippen LogP contribution in [0.2, 0.25) is 10.0 Å². The summed E-state index contributed by atoms with van der Waals surface area (Å²) in [4.78, 5) is 4.78. The maximum Gasteiger partial charge on any atom is 0.140 e. The third-order valence-corrected chi connectivity index (χ3v) is 4.26. The Morgan fingerprint density at radius 3 is 2.71 bits per heavy atom. The summed E-state index contributed by atoms with van der Waals surface area (Å²) in [6.07, 6.45) is 2.77. The molecule has 0 amide bonds. The standard InChI is InChI=1S/C16H15Cl2N3/c1-10-3-2-8-21-14(6-7-19)15(20-16(10)21)11-4-5-12(17)13(18)9-11/h2-5,8-9H,6-7,19H2,1H3. The van der Waals surface area contributed by atoms with Gasteiger partial charge in [0.15, 0.2) is 0 Å². The van der Waals surface area contributed by atoms with Crippen molar-refractivity contribution < 1.29 is 0 Å². The van der Waals surface area contributed by atoms with Crippen LogP contribution < -0.4 is 5.73 Å². The van der Waals surface area contributed by atoms with Crippen LogP contribution in [0.15, 0.2) is 36.5 Å². The van der Waals surface area contributed by atoms with Crippen molar-refractivity contribution >= 4 is 28.8 Å². The molecule has 0 aliphatic heterocycles. The van der Waals surface area contributed by atoms with E-state index in [1.54, 1.807) is 6.07 Å². The van der Waals surface area contributed by atoms with E-state index in [-0.39, 0.29) is 0 Å². The number of nitrogens with two attached hydrogens (primary N) is 1. The molecule has 21 heavy (non-hydrogen) atoms. The lowest BCUT2D eigenvalue weighted by molar-refractivity contribution is 0.906. The quantitative estimate of drug-likeness (QED) is 0.789. The summed E-state index contributed by atoms with van der Waals surface area (Å²) >= 11 is 12.1. The number of benzene rings is 1. The zero-order valence-electron chi connectivity index (χ0n) is 11.6. The van der Waals surface area contributed by atoms with Gasteiger partial charge in [-0.2, -0.15) is 0 Å². The van der Waals surface area contributed by atoms with Gasteiger partial charge in [-0.05, 0) is 37.2 Å². The number of fused-ring (bicyclic) bond motifs is 1. The number of halogens is 2. The Labute approximate surface area is 133 Å². The summed E-state index contributed by atoms with van der Waals surface area (Å²) in [5.74, 6) is 0. The highest BCUT2D eigenvalue weighted by Crippen LogP contribution is 2.31. The van der Waals surface area contributed by atoms with E-state index in [9.17, 15) is 0 Å². The number of hydrogen-bond donors (Lipinski definition) is 1. The second-order valence-electron chi connectivity index (χ2n) is 4.96. The topological polar surface area (TPSA) is 43.3 Å². The van der Waals surface area contributed by atoms with Gasteiger partial charge in [-0.3, -0.25) is 0 Å². The Kier molecular flexibility index (Phi) is 3.89. The minimum absolute atomic E-state index is 0.529. The minimum atomic E-state index is 0.529. The van der Waals surface area contributed by atoms with Gasteiger partial charge in [-0.15, -0.1) is 0 Å². The molecule has 2 N–H and O–H groups in total. The van der Waals surface area contributed by atoms with E-state index in [1.807, 2.05) is 37.4 Å². The van der Waals surface area contributed by atoms with Gasteiger partial charge < -0.3 is 10.1 Å². The molecule has 0 aliphatic carbocycles. The molecular formula is C16H15Cl2N3. The van der Waals surface area contributed by atoms with Gasteiger partial charge in [-0.1, -0.05) is 35.3 Å². The first-order valence-corrected chi connectivity index (χ1v) is 7.49. The van der Waals surface area contributed by atoms with E-state index >= 15 is 0 Å². The van der Waals surface area contributed by atoms with Crippen molar-refractivity contribution in [2.75, 3.05) is 6.54 Å². The van der Waals surface area contributed by atoms with Crippen LogP contribution in [0, 0.1) is 6.92 Å². The van der Waals surface area contributed by atoms with Crippen LogP contribution in [0.3, 0.4) is 0 Å². The lowest BCUT2D eigenvalue weighted by Gasteiger charge is -2.05. The fourth-order valence-corrected chi connectivity index (χ4v) is 2.80. The van der Waals surface area contributed by atoms with Crippen molar-refractivity contribution in [3.05, 3.63) is 57.8 Å². The van der Waals surface area contributed by atoms with E-state index in [0.29, 0.717) is 16.6 Å². The zero-order valence-corrected chi connectivity index (χ0v) is 13.1. The predicted octanol–water partition coefficient (Wildman–Crippen LogP) is 4.12. The molecule has 5 heteroatoms. The van der Waals surface area contributed by atoms with Crippen LogP contribution in [0.1, 0.15) is 11.3 Å². The number of aromatic nitrogens is 2. The molecule has 0 saturated carbocycles. The first kappa shape index (κ1) is 14.4. The van der Waals surface area contributed by atoms with Crippen LogP contribution in [0.4, 0.5) is 0 Å². The molecule has 0 spiro atoms. The molecule has 0 radical (unpaired) electrons. The van der Waals surface area contributed by atoms with Crippen molar-refractivity contribution in [1.82, 2.24) is 9.38 Å². The first-order valence-electron chi connectivity index (χ1n) is 6.74. The summed E-state index contributed by atoms with van der Waals surface area (Å²) in [5, 5.41) is 1.07. The Morgan fingerprint density at radius 1 is 1.19 bits per heavy atom. The smallest absolute Gasteiger partial charge is 0.140 e. The highest BCUT2D eigenvalue weighted by Gasteiger charge is 2.15. The van der Waals surface area contributed by atoms with Gasteiger partial charge >= 0.3 is 0 Å². The van der Waals surface area contributed by atoms with Crippen molar-refractivity contribution in [1.29, 1.82) is 0 Å². The number of nitrogens with zero attached hydrogens (tertiary/aromatic N) is 2.